The number of carboxylic acid groups (broad SMARTS) is 1. The van der Waals surface area contributed by atoms with Crippen LogP contribution >= 0.6 is 12.2 Å². The molecular formula is C23H25N3O2S. The van der Waals surface area contributed by atoms with Crippen LogP contribution in [0.25, 0.3) is 11.1 Å². The van der Waals surface area contributed by atoms with Crippen LogP contribution in [0.1, 0.15) is 60.2 Å². The molecule has 0 saturated heterocycles. The lowest BCUT2D eigenvalue weighted by Crippen LogP contribution is -2.06. The molecule has 0 aliphatic rings. The summed E-state index contributed by atoms with van der Waals surface area (Å²) in [6.45, 7) is 4.38. The molecule has 29 heavy (non-hydrogen) atoms. The van der Waals surface area contributed by atoms with E-state index in [4.69, 9.17) is 12.2 Å². The van der Waals surface area contributed by atoms with Crippen LogP contribution in [0.15, 0.2) is 48.5 Å². The predicted octanol–water partition coefficient (Wildman–Crippen LogP) is 5.28. The second-order valence-corrected chi connectivity index (χ2v) is 7.93. The van der Waals surface area contributed by atoms with Gasteiger partial charge in [0.1, 0.15) is 5.82 Å². The Bertz CT molecular complexity index is 980. The molecule has 0 amide bonds. The van der Waals surface area contributed by atoms with Gasteiger partial charge in [-0.15, -0.1) is 0 Å². The molecule has 3 rings (SSSR count). The number of benzene rings is 2. The molecular weight excluding hydrogens is 382 g/mol. The normalized spacial score (nSPS) is 12.1. The zero-order chi connectivity index (χ0) is 20.8. The van der Waals surface area contributed by atoms with E-state index < -0.39 is 5.97 Å². The van der Waals surface area contributed by atoms with E-state index in [2.05, 4.69) is 29.0 Å². The molecule has 0 bridgehead atoms. The summed E-state index contributed by atoms with van der Waals surface area (Å²) >= 11 is 5.04. The van der Waals surface area contributed by atoms with Gasteiger partial charge in [-0.1, -0.05) is 68.5 Å². The summed E-state index contributed by atoms with van der Waals surface area (Å²) in [7, 11) is 0. The van der Waals surface area contributed by atoms with Gasteiger partial charge < -0.3 is 5.11 Å². The molecule has 0 saturated carbocycles. The quantitative estimate of drug-likeness (QED) is 0.472. The summed E-state index contributed by atoms with van der Waals surface area (Å²) in [4.78, 5) is 16.1. The largest absolute Gasteiger partial charge is 0.478 e. The summed E-state index contributed by atoms with van der Waals surface area (Å²) in [5.41, 5.74) is 2.97. The van der Waals surface area contributed by atoms with Crippen LogP contribution in [0.3, 0.4) is 0 Å². The Morgan fingerprint density at radius 2 is 1.90 bits per heavy atom. The van der Waals surface area contributed by atoms with Gasteiger partial charge in [0.25, 0.3) is 0 Å². The monoisotopic (exact) mass is 407 g/mol. The number of aromatic nitrogens is 3. The van der Waals surface area contributed by atoms with E-state index in [1.807, 2.05) is 36.4 Å². The number of carbonyl (C=O) groups is 1. The number of hydrogen-bond donors (Lipinski definition) is 2. The highest BCUT2D eigenvalue weighted by Gasteiger charge is 2.17. The van der Waals surface area contributed by atoms with Crippen LogP contribution in [0.5, 0.6) is 0 Å². The number of nitrogens with one attached hydrogen (secondary N) is 1. The third-order valence-corrected chi connectivity index (χ3v) is 5.04. The van der Waals surface area contributed by atoms with Gasteiger partial charge in [-0.05, 0) is 46.9 Å². The van der Waals surface area contributed by atoms with E-state index in [1.165, 1.54) is 0 Å². The van der Waals surface area contributed by atoms with Gasteiger partial charge in [0, 0.05) is 12.3 Å². The molecule has 0 radical (unpaired) electrons. The molecule has 1 unspecified atom stereocenters. The van der Waals surface area contributed by atoms with Crippen molar-refractivity contribution in [3.05, 3.63) is 71.3 Å². The third-order valence-electron chi connectivity index (χ3n) is 4.84. The van der Waals surface area contributed by atoms with E-state index in [-0.39, 0.29) is 5.92 Å². The lowest BCUT2D eigenvalue weighted by atomic mass is 9.94. The lowest BCUT2D eigenvalue weighted by Gasteiger charge is -2.13. The van der Waals surface area contributed by atoms with E-state index in [0.29, 0.717) is 23.5 Å². The highest BCUT2D eigenvalue weighted by molar-refractivity contribution is 7.78. The first kappa shape index (κ1) is 20.9. The van der Waals surface area contributed by atoms with Crippen LogP contribution in [0.4, 0.5) is 0 Å². The van der Waals surface area contributed by atoms with Crippen molar-refractivity contribution < 1.29 is 9.90 Å². The van der Waals surface area contributed by atoms with Crippen LogP contribution in [0, 0.1) is 5.92 Å². The van der Waals surface area contributed by atoms with E-state index >= 15 is 0 Å². The molecule has 1 heterocycles. The third kappa shape index (κ3) is 5.35. The van der Waals surface area contributed by atoms with Gasteiger partial charge in [0.05, 0.1) is 5.56 Å². The Morgan fingerprint density at radius 1 is 1.17 bits per heavy atom. The van der Waals surface area contributed by atoms with Gasteiger partial charge >= 0.3 is 5.97 Å². The molecule has 0 aliphatic heterocycles. The fraction of sp³-hybridized carbons (Fsp3) is 0.304. The van der Waals surface area contributed by atoms with E-state index in [0.717, 1.165) is 35.6 Å². The molecule has 3 aromatic rings. The van der Waals surface area contributed by atoms with Crippen molar-refractivity contribution in [2.75, 3.05) is 0 Å². The molecule has 2 aromatic carbocycles. The number of aromatic amines is 1. The number of hydrogen-bond acceptors (Lipinski definition) is 4. The highest BCUT2D eigenvalue weighted by atomic mass is 32.1. The summed E-state index contributed by atoms with van der Waals surface area (Å²) in [5, 5.41) is 18.6. The van der Waals surface area contributed by atoms with Gasteiger partial charge in [0.15, 0.2) is 5.82 Å². The second-order valence-electron chi connectivity index (χ2n) is 7.59. The average molecular weight is 408 g/mol. The second kappa shape index (κ2) is 9.56. The first-order chi connectivity index (χ1) is 14.0. The van der Waals surface area contributed by atoms with Crippen molar-refractivity contribution in [3.8, 4) is 11.1 Å². The van der Waals surface area contributed by atoms with Crippen molar-refractivity contribution in [2.24, 2.45) is 5.92 Å². The molecule has 0 fully saturated rings. The number of rotatable bonds is 9. The number of H-pyrrole nitrogens is 1. The van der Waals surface area contributed by atoms with Gasteiger partial charge in [0.2, 0.25) is 0 Å². The molecule has 0 spiro atoms. The summed E-state index contributed by atoms with van der Waals surface area (Å²) in [6, 6.07) is 14.9. The lowest BCUT2D eigenvalue weighted by molar-refractivity contribution is 0.0697. The Hall–Kier alpha value is -2.86. The molecule has 6 heteroatoms. The number of aromatic carboxylic acids is 1. The summed E-state index contributed by atoms with van der Waals surface area (Å²) < 4.78 is 0. The Balaban J connectivity index is 1.75. The maximum atomic E-state index is 11.4. The standard InChI is InChI=1S/C23H25N3O2S/c1-15(2)13-18(11-12-29)22-24-21(25-26-22)14-16-7-9-17(10-8-16)19-5-3-4-6-20(19)23(27)28/h3-10,12,15,18H,11,13-14H2,1-2H3,(H,27,28)(H,24,25,26). The minimum Gasteiger partial charge on any atom is -0.478 e. The Kier molecular flexibility index (Phi) is 6.88. The maximum Gasteiger partial charge on any atom is 0.336 e. The molecule has 2 N–H and O–H groups in total. The first-order valence-electron chi connectivity index (χ1n) is 9.74. The average Bonchev–Trinajstić information content (AvgIpc) is 3.16. The van der Waals surface area contributed by atoms with Crippen LogP contribution < -0.4 is 0 Å². The van der Waals surface area contributed by atoms with Crippen molar-refractivity contribution in [1.82, 2.24) is 15.2 Å². The minimum atomic E-state index is -0.925. The summed E-state index contributed by atoms with van der Waals surface area (Å²) in [6.07, 6.45) is 2.43. The smallest absolute Gasteiger partial charge is 0.336 e. The fourth-order valence-electron chi connectivity index (χ4n) is 3.48. The summed E-state index contributed by atoms with van der Waals surface area (Å²) in [5.74, 6) is 1.51. The fourth-order valence-corrected chi connectivity index (χ4v) is 3.71. The van der Waals surface area contributed by atoms with E-state index in [9.17, 15) is 9.90 Å². The zero-order valence-electron chi connectivity index (χ0n) is 16.6. The first-order valence-corrected chi connectivity index (χ1v) is 10.2. The van der Waals surface area contributed by atoms with Crippen molar-refractivity contribution >= 4 is 23.6 Å². The van der Waals surface area contributed by atoms with Crippen molar-refractivity contribution in [2.45, 2.75) is 39.0 Å². The SMILES string of the molecule is CC(C)CC(CC=S)c1n[nH]c(Cc2ccc(-c3ccccc3C(=O)O)cc2)n1. The highest BCUT2D eigenvalue weighted by Crippen LogP contribution is 2.26. The minimum absolute atomic E-state index is 0.243. The number of thiocarbonyl (C=S) groups is 1. The van der Waals surface area contributed by atoms with Crippen molar-refractivity contribution in [1.29, 1.82) is 0 Å². The molecule has 1 aromatic heterocycles. The van der Waals surface area contributed by atoms with E-state index in [1.54, 1.807) is 17.5 Å². The molecule has 5 nitrogen and oxygen atoms in total. The zero-order valence-corrected chi connectivity index (χ0v) is 17.4. The van der Waals surface area contributed by atoms with Gasteiger partial charge in [-0.3, -0.25) is 5.10 Å². The van der Waals surface area contributed by atoms with Gasteiger partial charge in [-0.25, -0.2) is 9.78 Å². The van der Waals surface area contributed by atoms with Crippen molar-refractivity contribution in [3.63, 3.8) is 0 Å². The van der Waals surface area contributed by atoms with Crippen LogP contribution in [-0.4, -0.2) is 31.6 Å². The topological polar surface area (TPSA) is 78.9 Å². The Labute approximate surface area is 176 Å². The number of nitrogens with zero attached hydrogens (tertiary/aromatic N) is 2. The predicted molar refractivity (Wildman–Crippen MR) is 118 cm³/mol. The van der Waals surface area contributed by atoms with Gasteiger partial charge in [-0.2, -0.15) is 5.10 Å². The molecule has 1 atom stereocenters. The number of carboxylic acids is 1. The Morgan fingerprint density at radius 3 is 2.55 bits per heavy atom. The maximum absolute atomic E-state index is 11.4. The van der Waals surface area contributed by atoms with Crippen LogP contribution in [-0.2, 0) is 6.42 Å². The van der Waals surface area contributed by atoms with Crippen LogP contribution in [0.2, 0.25) is 0 Å². The molecule has 0 aliphatic carbocycles. The molecule has 150 valence electrons.